The zero-order valence-electron chi connectivity index (χ0n) is 11.8. The lowest BCUT2D eigenvalue weighted by atomic mass is 10.2. The van der Waals surface area contributed by atoms with Crippen molar-refractivity contribution < 1.29 is 0 Å². The van der Waals surface area contributed by atoms with Gasteiger partial charge in [-0.15, -0.1) is 22.9 Å². The van der Waals surface area contributed by atoms with Crippen LogP contribution in [0.3, 0.4) is 0 Å². The van der Waals surface area contributed by atoms with Crippen molar-refractivity contribution in [2.75, 3.05) is 0 Å². The Bertz CT molecular complexity index is 851. The fraction of sp³-hybridized carbons (Fsp3) is 0.250. The molecule has 0 aliphatic rings. The van der Waals surface area contributed by atoms with E-state index in [4.69, 9.17) is 11.6 Å². The zero-order valence-corrected chi connectivity index (χ0v) is 13.4. The van der Waals surface area contributed by atoms with Crippen LogP contribution < -0.4 is 5.56 Å². The molecule has 0 bridgehead atoms. The maximum Gasteiger partial charge on any atom is 0.261 e. The summed E-state index contributed by atoms with van der Waals surface area (Å²) in [6.45, 7) is 4.41. The van der Waals surface area contributed by atoms with E-state index in [1.54, 1.807) is 15.9 Å². The second-order valence-corrected chi connectivity index (χ2v) is 7.03. The summed E-state index contributed by atoms with van der Waals surface area (Å²) in [5, 5.41) is 0.315. The van der Waals surface area contributed by atoms with Crippen LogP contribution >= 0.6 is 22.9 Å². The molecule has 0 saturated carbocycles. The normalized spacial score (nSPS) is 12.7. The van der Waals surface area contributed by atoms with Crippen molar-refractivity contribution in [1.29, 1.82) is 0 Å². The van der Waals surface area contributed by atoms with Crippen LogP contribution in [-0.4, -0.2) is 9.55 Å². The number of rotatable bonds is 3. The van der Waals surface area contributed by atoms with Crippen molar-refractivity contribution in [2.24, 2.45) is 0 Å². The molecule has 1 aromatic carbocycles. The first-order chi connectivity index (χ1) is 10.1. The summed E-state index contributed by atoms with van der Waals surface area (Å²) in [5.41, 5.74) is 0.665. The molecule has 3 aromatic rings. The van der Waals surface area contributed by atoms with Crippen LogP contribution in [0, 0.1) is 6.92 Å². The molecule has 3 rings (SSSR count). The Hall–Kier alpha value is -1.65. The minimum atomic E-state index is -0.316. The van der Waals surface area contributed by atoms with Gasteiger partial charge in [-0.3, -0.25) is 9.36 Å². The number of nitrogens with zero attached hydrogens (tertiary/aromatic N) is 2. The Labute approximate surface area is 131 Å². The maximum absolute atomic E-state index is 12.7. The first-order valence-electron chi connectivity index (χ1n) is 6.75. The quantitative estimate of drug-likeness (QED) is 0.681. The van der Waals surface area contributed by atoms with Gasteiger partial charge in [0.25, 0.3) is 5.56 Å². The molecule has 0 fully saturated rings. The number of fused-ring (bicyclic) bond motifs is 1. The lowest BCUT2D eigenvalue weighted by Gasteiger charge is -2.14. The number of thiophene rings is 1. The van der Waals surface area contributed by atoms with Gasteiger partial charge in [-0.05, 0) is 38.1 Å². The van der Waals surface area contributed by atoms with Crippen molar-refractivity contribution in [1.82, 2.24) is 9.55 Å². The lowest BCUT2D eigenvalue weighted by Crippen LogP contribution is -2.26. The van der Waals surface area contributed by atoms with Crippen molar-refractivity contribution in [3.8, 4) is 0 Å². The monoisotopic (exact) mass is 318 g/mol. The average Bonchev–Trinajstić information content (AvgIpc) is 2.87. The van der Waals surface area contributed by atoms with E-state index in [1.165, 1.54) is 4.88 Å². The van der Waals surface area contributed by atoms with E-state index in [-0.39, 0.29) is 10.9 Å². The molecule has 0 aliphatic heterocycles. The molecule has 21 heavy (non-hydrogen) atoms. The number of para-hydroxylation sites is 1. The van der Waals surface area contributed by atoms with Gasteiger partial charge in [0.05, 0.1) is 22.8 Å². The zero-order chi connectivity index (χ0) is 15.0. The Morgan fingerprint density at radius 2 is 2.05 bits per heavy atom. The van der Waals surface area contributed by atoms with Crippen molar-refractivity contribution in [3.63, 3.8) is 0 Å². The summed E-state index contributed by atoms with van der Waals surface area (Å²) in [5.74, 6) is 0.617. The molecule has 0 saturated heterocycles. The largest absolute Gasteiger partial charge is 0.290 e. The van der Waals surface area contributed by atoms with E-state index in [1.807, 2.05) is 37.3 Å². The summed E-state index contributed by atoms with van der Waals surface area (Å²) in [6.07, 6.45) is 0. The highest BCUT2D eigenvalue weighted by Crippen LogP contribution is 2.22. The second-order valence-electron chi connectivity index (χ2n) is 5.01. The Kier molecular flexibility index (Phi) is 3.83. The SMILES string of the molecule is Cc1ccc(Cn2c(C(C)Cl)nc3ccccc3c2=O)s1. The standard InChI is InChI=1S/C16H15ClN2OS/c1-10-7-8-12(21-10)9-19-15(11(2)17)18-14-6-4-3-5-13(14)16(19)20/h3-8,11H,9H2,1-2H3. The third kappa shape index (κ3) is 2.74. The number of aryl methyl sites for hydroxylation is 1. The van der Waals surface area contributed by atoms with Gasteiger partial charge in [0.15, 0.2) is 0 Å². The first-order valence-corrected chi connectivity index (χ1v) is 8.00. The van der Waals surface area contributed by atoms with Gasteiger partial charge in [-0.2, -0.15) is 0 Å². The third-order valence-electron chi connectivity index (χ3n) is 3.36. The number of benzene rings is 1. The van der Waals surface area contributed by atoms with Gasteiger partial charge in [-0.1, -0.05) is 12.1 Å². The molecule has 1 atom stereocenters. The van der Waals surface area contributed by atoms with Gasteiger partial charge in [0.1, 0.15) is 5.82 Å². The van der Waals surface area contributed by atoms with E-state index >= 15 is 0 Å². The van der Waals surface area contributed by atoms with E-state index in [2.05, 4.69) is 18.0 Å². The molecular formula is C16H15ClN2OS. The summed E-state index contributed by atoms with van der Waals surface area (Å²) >= 11 is 7.92. The summed E-state index contributed by atoms with van der Waals surface area (Å²) in [7, 11) is 0. The second kappa shape index (κ2) is 5.62. The fourth-order valence-electron chi connectivity index (χ4n) is 2.37. The Morgan fingerprint density at radius 1 is 1.29 bits per heavy atom. The number of alkyl halides is 1. The van der Waals surface area contributed by atoms with Crippen molar-refractivity contribution in [3.05, 3.63) is 62.3 Å². The highest BCUT2D eigenvalue weighted by Gasteiger charge is 2.15. The summed E-state index contributed by atoms with van der Waals surface area (Å²) < 4.78 is 1.69. The fourth-order valence-corrected chi connectivity index (χ4v) is 3.41. The summed E-state index contributed by atoms with van der Waals surface area (Å²) in [4.78, 5) is 19.7. The number of hydrogen-bond acceptors (Lipinski definition) is 3. The average molecular weight is 319 g/mol. The van der Waals surface area contributed by atoms with Crippen LogP contribution in [0.5, 0.6) is 0 Å². The Balaban J connectivity index is 2.21. The minimum absolute atomic E-state index is 0.0332. The highest BCUT2D eigenvalue weighted by molar-refractivity contribution is 7.11. The minimum Gasteiger partial charge on any atom is -0.290 e. The van der Waals surface area contributed by atoms with Crippen LogP contribution in [0.25, 0.3) is 10.9 Å². The van der Waals surface area contributed by atoms with Gasteiger partial charge in [0.2, 0.25) is 0 Å². The topological polar surface area (TPSA) is 34.9 Å². The predicted molar refractivity (Wildman–Crippen MR) is 88.4 cm³/mol. The number of hydrogen-bond donors (Lipinski definition) is 0. The van der Waals surface area contributed by atoms with Gasteiger partial charge < -0.3 is 0 Å². The molecule has 0 spiro atoms. The molecule has 5 heteroatoms. The molecular weight excluding hydrogens is 304 g/mol. The van der Waals surface area contributed by atoms with Crippen molar-refractivity contribution in [2.45, 2.75) is 25.8 Å². The van der Waals surface area contributed by atoms with Crippen LogP contribution in [0.4, 0.5) is 0 Å². The number of halogens is 1. The van der Waals surface area contributed by atoms with E-state index < -0.39 is 0 Å². The molecule has 2 aromatic heterocycles. The highest BCUT2D eigenvalue weighted by atomic mass is 35.5. The lowest BCUT2D eigenvalue weighted by molar-refractivity contribution is 0.685. The molecule has 1 unspecified atom stereocenters. The van der Waals surface area contributed by atoms with Gasteiger partial charge in [0, 0.05) is 9.75 Å². The molecule has 0 amide bonds. The molecule has 0 radical (unpaired) electrons. The molecule has 2 heterocycles. The number of aromatic nitrogens is 2. The van der Waals surface area contributed by atoms with Gasteiger partial charge >= 0.3 is 0 Å². The molecule has 0 aliphatic carbocycles. The van der Waals surface area contributed by atoms with Gasteiger partial charge in [-0.25, -0.2) is 4.98 Å². The van der Waals surface area contributed by atoms with Crippen LogP contribution in [0.15, 0.2) is 41.2 Å². The molecule has 3 nitrogen and oxygen atoms in total. The van der Waals surface area contributed by atoms with Crippen LogP contribution in [-0.2, 0) is 6.54 Å². The van der Waals surface area contributed by atoms with E-state index in [0.717, 1.165) is 4.88 Å². The third-order valence-corrected chi connectivity index (χ3v) is 4.54. The maximum atomic E-state index is 12.7. The molecule has 108 valence electrons. The smallest absolute Gasteiger partial charge is 0.261 e. The Morgan fingerprint density at radius 3 is 2.71 bits per heavy atom. The summed E-state index contributed by atoms with van der Waals surface area (Å²) in [6, 6.07) is 11.5. The van der Waals surface area contributed by atoms with E-state index in [9.17, 15) is 4.79 Å². The predicted octanol–water partition coefficient (Wildman–Crippen LogP) is 4.11. The van der Waals surface area contributed by atoms with E-state index in [0.29, 0.717) is 23.3 Å². The molecule has 0 N–H and O–H groups in total. The van der Waals surface area contributed by atoms with Crippen LogP contribution in [0.2, 0.25) is 0 Å². The van der Waals surface area contributed by atoms with Crippen molar-refractivity contribution >= 4 is 33.8 Å². The first kappa shape index (κ1) is 14.3. The van der Waals surface area contributed by atoms with Crippen LogP contribution in [0.1, 0.15) is 27.9 Å².